The van der Waals surface area contributed by atoms with Crippen molar-refractivity contribution in [3.8, 4) is 0 Å². The van der Waals surface area contributed by atoms with Gasteiger partial charge in [-0.2, -0.15) is 0 Å². The molecule has 0 fully saturated rings. The second-order valence-corrected chi connectivity index (χ2v) is 14.8. The first-order valence-corrected chi connectivity index (χ1v) is 12.6. The van der Waals surface area contributed by atoms with Crippen LogP contribution in [0.25, 0.3) is 0 Å². The number of rotatable bonds is 12. The van der Waals surface area contributed by atoms with Gasteiger partial charge in [-0.3, -0.25) is 0 Å². The van der Waals surface area contributed by atoms with Gasteiger partial charge in [0.1, 0.15) is 0 Å². The molecule has 0 saturated carbocycles. The minimum atomic E-state index is -1.64. The maximum Gasteiger partial charge on any atom is 0.174 e. The molecule has 0 heterocycles. The summed E-state index contributed by atoms with van der Waals surface area (Å²) in [7, 11) is 0. The summed E-state index contributed by atoms with van der Waals surface area (Å²) in [6.45, 7) is 7.51. The molecule has 0 rings (SSSR count). The third-order valence-electron chi connectivity index (χ3n) is 2.24. The standard InChI is InChI=1S/C12H27OPS3/c1-4-7-10-13-14(15,16-11-8-5-2)17-12-9-6-3/h4-12H2,1-3H3. The van der Waals surface area contributed by atoms with Crippen LogP contribution in [-0.4, -0.2) is 18.1 Å². The lowest BCUT2D eigenvalue weighted by Gasteiger charge is -2.20. The molecule has 0 aromatic heterocycles. The van der Waals surface area contributed by atoms with Crippen LogP contribution in [0.15, 0.2) is 0 Å². The molecule has 0 aliphatic carbocycles. The lowest BCUT2D eigenvalue weighted by molar-refractivity contribution is 0.355. The average Bonchev–Trinajstić information content (AvgIpc) is 2.30. The fourth-order valence-corrected chi connectivity index (χ4v) is 9.74. The highest BCUT2D eigenvalue weighted by atomic mass is 33.2. The van der Waals surface area contributed by atoms with Crippen LogP contribution in [0.3, 0.4) is 0 Å². The van der Waals surface area contributed by atoms with E-state index in [4.69, 9.17) is 16.3 Å². The van der Waals surface area contributed by atoms with E-state index in [1.807, 2.05) is 22.8 Å². The summed E-state index contributed by atoms with van der Waals surface area (Å²) in [5.41, 5.74) is 0. The zero-order chi connectivity index (χ0) is 13.0. The van der Waals surface area contributed by atoms with Crippen molar-refractivity contribution in [1.82, 2.24) is 0 Å². The van der Waals surface area contributed by atoms with Crippen molar-refractivity contribution in [3.05, 3.63) is 0 Å². The van der Waals surface area contributed by atoms with Gasteiger partial charge in [0.25, 0.3) is 0 Å². The van der Waals surface area contributed by atoms with Crippen LogP contribution in [0.1, 0.15) is 59.3 Å². The maximum atomic E-state index is 6.02. The predicted octanol–water partition coefficient (Wildman–Crippen LogP) is 6.09. The highest BCUT2D eigenvalue weighted by Crippen LogP contribution is 2.70. The molecule has 5 heteroatoms. The molecule has 0 N–H and O–H groups in total. The van der Waals surface area contributed by atoms with Crippen molar-refractivity contribution in [2.75, 3.05) is 18.1 Å². The Bertz CT molecular complexity index is 179. The van der Waals surface area contributed by atoms with Gasteiger partial charge >= 0.3 is 0 Å². The van der Waals surface area contributed by atoms with Crippen molar-refractivity contribution in [2.24, 2.45) is 0 Å². The van der Waals surface area contributed by atoms with E-state index in [-0.39, 0.29) is 0 Å². The summed E-state index contributed by atoms with van der Waals surface area (Å²) in [5, 5.41) is 0. The fourth-order valence-electron chi connectivity index (χ4n) is 1.07. The van der Waals surface area contributed by atoms with Crippen LogP contribution in [0.5, 0.6) is 0 Å². The largest absolute Gasteiger partial charge is 0.334 e. The van der Waals surface area contributed by atoms with E-state index >= 15 is 0 Å². The van der Waals surface area contributed by atoms with Crippen LogP contribution in [0.4, 0.5) is 0 Å². The smallest absolute Gasteiger partial charge is 0.174 e. The molecule has 0 spiro atoms. The average molecular weight is 315 g/mol. The van der Waals surface area contributed by atoms with Crippen LogP contribution >= 0.6 is 27.4 Å². The molecule has 0 radical (unpaired) electrons. The van der Waals surface area contributed by atoms with Crippen molar-refractivity contribution < 1.29 is 4.52 Å². The molecule has 0 saturated heterocycles. The molecule has 0 bridgehead atoms. The van der Waals surface area contributed by atoms with Gasteiger partial charge in [-0.1, -0.05) is 62.8 Å². The summed E-state index contributed by atoms with van der Waals surface area (Å²) in [6.07, 6.45) is 7.34. The van der Waals surface area contributed by atoms with E-state index in [2.05, 4.69) is 20.8 Å². The Hall–Kier alpha value is 1.31. The van der Waals surface area contributed by atoms with Crippen molar-refractivity contribution in [2.45, 2.75) is 59.3 Å². The first-order valence-electron chi connectivity index (χ1n) is 6.72. The topological polar surface area (TPSA) is 9.23 Å². The van der Waals surface area contributed by atoms with Gasteiger partial charge in [0.15, 0.2) is 4.67 Å². The molecule has 0 unspecified atom stereocenters. The van der Waals surface area contributed by atoms with Crippen molar-refractivity contribution >= 4 is 39.2 Å². The van der Waals surface area contributed by atoms with Crippen LogP contribution in [-0.2, 0) is 16.3 Å². The second-order valence-electron chi connectivity index (χ2n) is 4.01. The van der Waals surface area contributed by atoms with Crippen LogP contribution < -0.4 is 0 Å². The first-order chi connectivity index (χ1) is 8.18. The Morgan fingerprint density at radius 2 is 1.35 bits per heavy atom. The Labute approximate surface area is 121 Å². The lowest BCUT2D eigenvalue weighted by Crippen LogP contribution is -1.90. The number of hydrogen-bond donors (Lipinski definition) is 0. The molecule has 1 nitrogen and oxygen atoms in total. The Balaban J connectivity index is 4.00. The molecule has 104 valence electrons. The van der Waals surface area contributed by atoms with E-state index in [0.29, 0.717) is 0 Å². The summed E-state index contributed by atoms with van der Waals surface area (Å²) in [5.74, 6) is 2.33. The maximum absolute atomic E-state index is 6.02. The number of unbranched alkanes of at least 4 members (excludes halogenated alkanes) is 3. The quantitative estimate of drug-likeness (QED) is 0.318. The third kappa shape index (κ3) is 10.9. The summed E-state index contributed by atoms with van der Waals surface area (Å²) >= 11 is 9.59. The Morgan fingerprint density at radius 1 is 0.882 bits per heavy atom. The Morgan fingerprint density at radius 3 is 1.76 bits per heavy atom. The normalized spacial score (nSPS) is 11.9. The third-order valence-corrected chi connectivity index (χ3v) is 12.1. The predicted molar refractivity (Wildman–Crippen MR) is 89.9 cm³/mol. The molecule has 0 aliphatic rings. The lowest BCUT2D eigenvalue weighted by atomic mass is 10.4. The van der Waals surface area contributed by atoms with E-state index in [0.717, 1.165) is 13.0 Å². The molecule has 0 atom stereocenters. The molecule has 0 aliphatic heterocycles. The zero-order valence-electron chi connectivity index (χ0n) is 11.4. The molecular formula is C12H27OPS3. The van der Waals surface area contributed by atoms with E-state index < -0.39 is 4.67 Å². The van der Waals surface area contributed by atoms with Gasteiger partial charge in [-0.15, -0.1) is 0 Å². The summed E-state index contributed by atoms with van der Waals surface area (Å²) in [4.78, 5) is 0. The molecule has 0 aromatic rings. The van der Waals surface area contributed by atoms with E-state index in [1.54, 1.807) is 0 Å². The summed E-state index contributed by atoms with van der Waals surface area (Å²) < 4.78 is 4.37. The second kappa shape index (κ2) is 12.3. The Kier molecular flexibility index (Phi) is 13.3. The van der Waals surface area contributed by atoms with Gasteiger partial charge in [0.05, 0.1) is 6.61 Å². The van der Waals surface area contributed by atoms with Crippen molar-refractivity contribution in [1.29, 1.82) is 0 Å². The van der Waals surface area contributed by atoms with Gasteiger partial charge < -0.3 is 4.52 Å². The van der Waals surface area contributed by atoms with Gasteiger partial charge in [-0.25, -0.2) is 0 Å². The SMILES string of the molecule is CCCCOP(=S)(SCCCC)SCCCC. The zero-order valence-corrected chi connectivity index (χ0v) is 14.8. The fraction of sp³-hybridized carbons (Fsp3) is 1.00. The van der Waals surface area contributed by atoms with Gasteiger partial charge in [-0.05, 0) is 31.1 Å². The van der Waals surface area contributed by atoms with Crippen molar-refractivity contribution in [3.63, 3.8) is 0 Å². The highest BCUT2D eigenvalue weighted by Gasteiger charge is 2.18. The molecule has 0 amide bonds. The van der Waals surface area contributed by atoms with Crippen LogP contribution in [0, 0.1) is 0 Å². The highest BCUT2D eigenvalue weighted by molar-refractivity contribution is 8.99. The minimum Gasteiger partial charge on any atom is -0.334 e. The summed E-state index contributed by atoms with van der Waals surface area (Å²) in [6, 6.07) is 0. The van der Waals surface area contributed by atoms with Gasteiger partial charge in [0.2, 0.25) is 0 Å². The van der Waals surface area contributed by atoms with E-state index in [9.17, 15) is 0 Å². The van der Waals surface area contributed by atoms with E-state index in [1.165, 1.54) is 43.6 Å². The molecule has 17 heavy (non-hydrogen) atoms. The first kappa shape index (κ1) is 18.3. The monoisotopic (exact) mass is 314 g/mol. The van der Waals surface area contributed by atoms with Gasteiger partial charge in [0, 0.05) is 11.5 Å². The molecule has 0 aromatic carbocycles. The van der Waals surface area contributed by atoms with Crippen LogP contribution in [0.2, 0.25) is 0 Å². The number of hydrogen-bond acceptors (Lipinski definition) is 4. The molecular weight excluding hydrogens is 287 g/mol. The minimum absolute atomic E-state index is 0.853.